The lowest BCUT2D eigenvalue weighted by molar-refractivity contribution is 0.0917. The Bertz CT molecular complexity index is 464. The van der Waals surface area contributed by atoms with Gasteiger partial charge < -0.3 is 10.7 Å². The second kappa shape index (κ2) is 4.53. The minimum absolute atomic E-state index is 0.155. The van der Waals surface area contributed by atoms with Crippen molar-refractivity contribution in [2.75, 3.05) is 5.43 Å². The first-order valence-electron chi connectivity index (χ1n) is 6.36. The number of nitrogen functional groups attached to an aromatic ring is 1. The quantitative estimate of drug-likeness (QED) is 0.539. The summed E-state index contributed by atoms with van der Waals surface area (Å²) in [7, 11) is 0. The summed E-state index contributed by atoms with van der Waals surface area (Å²) in [4.78, 5) is 20.1. The lowest BCUT2D eigenvalue weighted by Gasteiger charge is -2.22. The highest BCUT2D eigenvalue weighted by Gasteiger charge is 2.40. The van der Waals surface area contributed by atoms with Crippen molar-refractivity contribution in [3.05, 3.63) is 18.1 Å². The number of amides is 1. The maximum Gasteiger partial charge on any atom is 0.271 e. The van der Waals surface area contributed by atoms with Gasteiger partial charge in [-0.15, -0.1) is 0 Å². The standard InChI is InChI=1S/C12H17N5O/c13-17-11-6-14-5-10(15-11)12(18)16-9-4-7-1-2-8(9)3-7/h5-9H,1-4,13H2,(H,15,17)(H,16,18). The summed E-state index contributed by atoms with van der Waals surface area (Å²) in [6.07, 6.45) is 7.88. The van der Waals surface area contributed by atoms with Crippen LogP contribution in [0.25, 0.3) is 0 Å². The predicted octanol–water partition coefficient (Wildman–Crippen LogP) is 0.681. The Morgan fingerprint density at radius 2 is 2.22 bits per heavy atom. The zero-order chi connectivity index (χ0) is 12.5. The fourth-order valence-electron chi connectivity index (χ4n) is 3.21. The Labute approximate surface area is 105 Å². The van der Waals surface area contributed by atoms with Crippen LogP contribution >= 0.6 is 0 Å². The molecule has 6 nitrogen and oxygen atoms in total. The van der Waals surface area contributed by atoms with E-state index in [1.807, 2.05) is 0 Å². The SMILES string of the molecule is NNc1cncc(C(=O)NC2CC3CCC2C3)n1. The first-order valence-corrected chi connectivity index (χ1v) is 6.36. The largest absolute Gasteiger partial charge is 0.348 e. The van der Waals surface area contributed by atoms with Crippen LogP contribution in [0.15, 0.2) is 12.4 Å². The van der Waals surface area contributed by atoms with Gasteiger partial charge >= 0.3 is 0 Å². The average molecular weight is 247 g/mol. The van der Waals surface area contributed by atoms with Gasteiger partial charge in [0.15, 0.2) is 5.82 Å². The first-order chi connectivity index (χ1) is 8.76. The molecule has 1 amide bonds. The van der Waals surface area contributed by atoms with Crippen LogP contribution in [0, 0.1) is 11.8 Å². The van der Waals surface area contributed by atoms with E-state index in [1.165, 1.54) is 31.7 Å². The summed E-state index contributed by atoms with van der Waals surface area (Å²) in [5.41, 5.74) is 2.70. The molecule has 1 aromatic heterocycles. The van der Waals surface area contributed by atoms with Gasteiger partial charge in [-0.25, -0.2) is 10.8 Å². The molecule has 6 heteroatoms. The summed E-state index contributed by atoms with van der Waals surface area (Å²) in [6.45, 7) is 0. The number of rotatable bonds is 3. The molecule has 3 unspecified atom stereocenters. The number of carbonyl (C=O) groups is 1. The Morgan fingerprint density at radius 1 is 1.33 bits per heavy atom. The Balaban J connectivity index is 1.67. The van der Waals surface area contributed by atoms with Crippen LogP contribution in [0.4, 0.5) is 5.82 Å². The molecule has 4 N–H and O–H groups in total. The number of hydrazine groups is 1. The topological polar surface area (TPSA) is 92.9 Å². The van der Waals surface area contributed by atoms with E-state index >= 15 is 0 Å². The van der Waals surface area contributed by atoms with Gasteiger partial charge in [0.05, 0.1) is 12.4 Å². The lowest BCUT2D eigenvalue weighted by Crippen LogP contribution is -2.39. The van der Waals surface area contributed by atoms with Crippen molar-refractivity contribution in [1.82, 2.24) is 15.3 Å². The van der Waals surface area contributed by atoms with Gasteiger partial charge in [-0.1, -0.05) is 6.42 Å². The molecule has 0 aliphatic heterocycles. The third kappa shape index (κ3) is 2.03. The molecular formula is C12H17N5O. The van der Waals surface area contributed by atoms with E-state index in [9.17, 15) is 4.79 Å². The van der Waals surface area contributed by atoms with Crippen LogP contribution in [0.5, 0.6) is 0 Å². The maximum absolute atomic E-state index is 12.1. The summed E-state index contributed by atoms with van der Waals surface area (Å²) in [6, 6.07) is 0.313. The van der Waals surface area contributed by atoms with Crippen LogP contribution in [0.2, 0.25) is 0 Å². The van der Waals surface area contributed by atoms with Crippen LogP contribution in [-0.4, -0.2) is 21.9 Å². The second-order valence-electron chi connectivity index (χ2n) is 5.19. The zero-order valence-electron chi connectivity index (χ0n) is 10.1. The number of aromatic nitrogens is 2. The van der Waals surface area contributed by atoms with Crippen molar-refractivity contribution in [2.24, 2.45) is 17.7 Å². The van der Waals surface area contributed by atoms with E-state index in [4.69, 9.17) is 5.84 Å². The number of carbonyl (C=O) groups excluding carboxylic acids is 1. The van der Waals surface area contributed by atoms with E-state index < -0.39 is 0 Å². The van der Waals surface area contributed by atoms with Crippen molar-refractivity contribution in [3.63, 3.8) is 0 Å². The normalized spacial score (nSPS) is 29.3. The number of nitrogens with two attached hydrogens (primary N) is 1. The molecule has 0 radical (unpaired) electrons. The highest BCUT2D eigenvalue weighted by molar-refractivity contribution is 5.92. The predicted molar refractivity (Wildman–Crippen MR) is 66.5 cm³/mol. The number of hydrogen-bond acceptors (Lipinski definition) is 5. The highest BCUT2D eigenvalue weighted by atomic mass is 16.2. The molecule has 2 aliphatic carbocycles. The summed E-state index contributed by atoms with van der Waals surface area (Å²) >= 11 is 0. The summed E-state index contributed by atoms with van der Waals surface area (Å²) < 4.78 is 0. The van der Waals surface area contributed by atoms with Crippen molar-refractivity contribution in [2.45, 2.75) is 31.7 Å². The van der Waals surface area contributed by atoms with Crippen LogP contribution < -0.4 is 16.6 Å². The van der Waals surface area contributed by atoms with E-state index in [0.717, 1.165) is 12.3 Å². The average Bonchev–Trinajstić information content (AvgIpc) is 3.01. The lowest BCUT2D eigenvalue weighted by atomic mass is 9.95. The molecule has 0 saturated heterocycles. The molecule has 3 rings (SSSR count). The van der Waals surface area contributed by atoms with E-state index in [2.05, 4.69) is 20.7 Å². The van der Waals surface area contributed by atoms with Crippen LogP contribution in [0.3, 0.4) is 0 Å². The van der Waals surface area contributed by atoms with Gasteiger partial charge in [0.25, 0.3) is 5.91 Å². The highest BCUT2D eigenvalue weighted by Crippen LogP contribution is 2.44. The van der Waals surface area contributed by atoms with E-state index in [0.29, 0.717) is 23.5 Å². The fraction of sp³-hybridized carbons (Fsp3) is 0.583. The number of nitrogens with zero attached hydrogens (tertiary/aromatic N) is 2. The van der Waals surface area contributed by atoms with Crippen LogP contribution in [0.1, 0.15) is 36.2 Å². The van der Waals surface area contributed by atoms with Gasteiger partial charge in [-0.3, -0.25) is 9.78 Å². The summed E-state index contributed by atoms with van der Waals surface area (Å²) in [5, 5.41) is 3.07. The first kappa shape index (κ1) is 11.4. The smallest absolute Gasteiger partial charge is 0.271 e. The third-order valence-electron chi connectivity index (χ3n) is 4.07. The van der Waals surface area contributed by atoms with Gasteiger partial charge in [0.2, 0.25) is 0 Å². The minimum atomic E-state index is -0.155. The fourth-order valence-corrected chi connectivity index (χ4v) is 3.21. The summed E-state index contributed by atoms with van der Waals surface area (Å²) in [5.74, 6) is 6.95. The van der Waals surface area contributed by atoms with Gasteiger partial charge in [-0.05, 0) is 31.1 Å². The van der Waals surface area contributed by atoms with E-state index in [-0.39, 0.29) is 5.91 Å². The number of nitrogens with one attached hydrogen (secondary N) is 2. The Hall–Kier alpha value is -1.69. The Morgan fingerprint density at radius 3 is 2.89 bits per heavy atom. The number of fused-ring (bicyclic) bond motifs is 2. The van der Waals surface area contributed by atoms with Crippen molar-refractivity contribution in [1.29, 1.82) is 0 Å². The van der Waals surface area contributed by atoms with Crippen LogP contribution in [-0.2, 0) is 0 Å². The molecule has 96 valence electrons. The zero-order valence-corrected chi connectivity index (χ0v) is 10.1. The monoisotopic (exact) mass is 247 g/mol. The minimum Gasteiger partial charge on any atom is -0.348 e. The molecule has 2 saturated carbocycles. The number of hydrogen-bond donors (Lipinski definition) is 3. The molecule has 3 atom stereocenters. The molecule has 0 spiro atoms. The molecule has 1 heterocycles. The van der Waals surface area contributed by atoms with Crippen molar-refractivity contribution in [3.8, 4) is 0 Å². The van der Waals surface area contributed by atoms with Gasteiger partial charge in [-0.2, -0.15) is 0 Å². The second-order valence-corrected chi connectivity index (χ2v) is 5.19. The van der Waals surface area contributed by atoms with E-state index in [1.54, 1.807) is 0 Å². The molecule has 18 heavy (non-hydrogen) atoms. The molecule has 2 fully saturated rings. The van der Waals surface area contributed by atoms with Gasteiger partial charge in [0.1, 0.15) is 5.69 Å². The molecule has 0 aromatic carbocycles. The van der Waals surface area contributed by atoms with Crippen molar-refractivity contribution >= 4 is 11.7 Å². The molecule has 1 aromatic rings. The van der Waals surface area contributed by atoms with Crippen molar-refractivity contribution < 1.29 is 4.79 Å². The Kier molecular flexibility index (Phi) is 2.87. The van der Waals surface area contributed by atoms with Gasteiger partial charge in [0, 0.05) is 6.04 Å². The maximum atomic E-state index is 12.1. The number of anilines is 1. The third-order valence-corrected chi connectivity index (χ3v) is 4.07. The molecule has 2 bridgehead atoms. The molecule has 2 aliphatic rings. The molecular weight excluding hydrogens is 230 g/mol.